The van der Waals surface area contributed by atoms with Crippen molar-refractivity contribution in [2.45, 2.75) is 75.7 Å². The topological polar surface area (TPSA) is 58.1 Å². The molecule has 3 aliphatic rings. The van der Waals surface area contributed by atoms with Crippen molar-refractivity contribution in [3.8, 4) is 0 Å². The molecule has 2 unspecified atom stereocenters. The second-order valence-corrected chi connectivity index (χ2v) is 8.89. The molecule has 3 fully saturated rings. The highest BCUT2D eigenvalue weighted by atomic mass is 16.5. The summed E-state index contributed by atoms with van der Waals surface area (Å²) in [6.45, 7) is 4.46. The number of hydrogen-bond acceptors (Lipinski definition) is 4. The standard InChI is InChI=1S/C24H38N4O2/c1-25-24(26-12-5-13-30-23-10-14-29-15-11-23)27-20-16-21-8-9-22(17-20)28(21)18-19-6-3-2-4-7-19/h2-4,6-7,20-23H,5,8-18H2,1H3,(H2,25,26,27). The van der Waals surface area contributed by atoms with Crippen LogP contribution in [0.1, 0.15) is 50.5 Å². The smallest absolute Gasteiger partial charge is 0.191 e. The van der Waals surface area contributed by atoms with Gasteiger partial charge in [0.2, 0.25) is 0 Å². The molecule has 3 heterocycles. The quantitative estimate of drug-likeness (QED) is 0.389. The van der Waals surface area contributed by atoms with Crippen molar-refractivity contribution in [2.75, 3.05) is 33.4 Å². The Balaban J connectivity index is 1.16. The molecule has 0 spiro atoms. The van der Waals surface area contributed by atoms with Gasteiger partial charge in [0.25, 0.3) is 0 Å². The molecule has 2 N–H and O–H groups in total. The molecular formula is C24H38N4O2. The molecule has 2 atom stereocenters. The Labute approximate surface area is 181 Å². The molecular weight excluding hydrogens is 376 g/mol. The van der Waals surface area contributed by atoms with Crippen LogP contribution in [0.2, 0.25) is 0 Å². The lowest BCUT2D eigenvalue weighted by Crippen LogP contribution is -2.52. The van der Waals surface area contributed by atoms with Gasteiger partial charge in [-0.1, -0.05) is 30.3 Å². The van der Waals surface area contributed by atoms with Crippen molar-refractivity contribution in [2.24, 2.45) is 4.99 Å². The lowest BCUT2D eigenvalue weighted by atomic mass is 9.96. The summed E-state index contributed by atoms with van der Waals surface area (Å²) < 4.78 is 11.3. The summed E-state index contributed by atoms with van der Waals surface area (Å²) in [7, 11) is 1.87. The number of nitrogens with one attached hydrogen (secondary N) is 2. The van der Waals surface area contributed by atoms with Crippen LogP contribution < -0.4 is 10.6 Å². The van der Waals surface area contributed by atoms with Crippen molar-refractivity contribution in [3.05, 3.63) is 35.9 Å². The molecule has 1 aromatic carbocycles. The Hall–Kier alpha value is -1.63. The van der Waals surface area contributed by atoms with Crippen molar-refractivity contribution in [1.29, 1.82) is 0 Å². The van der Waals surface area contributed by atoms with Gasteiger partial charge in [-0.15, -0.1) is 0 Å². The highest BCUT2D eigenvalue weighted by molar-refractivity contribution is 5.79. The summed E-state index contributed by atoms with van der Waals surface area (Å²) in [5, 5.41) is 7.16. The molecule has 3 aliphatic heterocycles. The predicted octanol–water partition coefficient (Wildman–Crippen LogP) is 2.93. The molecule has 4 rings (SSSR count). The zero-order valence-corrected chi connectivity index (χ0v) is 18.4. The van der Waals surface area contributed by atoms with E-state index in [1.54, 1.807) is 0 Å². The van der Waals surface area contributed by atoms with Gasteiger partial charge in [0.05, 0.1) is 6.10 Å². The van der Waals surface area contributed by atoms with E-state index in [0.717, 1.165) is 58.1 Å². The molecule has 0 aromatic heterocycles. The largest absolute Gasteiger partial charge is 0.381 e. The van der Waals surface area contributed by atoms with Crippen LogP contribution in [-0.4, -0.2) is 68.5 Å². The van der Waals surface area contributed by atoms with E-state index in [4.69, 9.17) is 9.47 Å². The van der Waals surface area contributed by atoms with Gasteiger partial charge < -0.3 is 20.1 Å². The predicted molar refractivity (Wildman–Crippen MR) is 121 cm³/mol. The summed E-state index contributed by atoms with van der Waals surface area (Å²) in [5.41, 5.74) is 1.43. The van der Waals surface area contributed by atoms with Gasteiger partial charge >= 0.3 is 0 Å². The fraction of sp³-hybridized carbons (Fsp3) is 0.708. The zero-order chi connectivity index (χ0) is 20.6. The Morgan fingerprint density at radius 2 is 1.83 bits per heavy atom. The number of piperidine rings is 1. The molecule has 6 nitrogen and oxygen atoms in total. The Morgan fingerprint density at radius 3 is 2.53 bits per heavy atom. The normalized spacial score (nSPS) is 27.9. The minimum absolute atomic E-state index is 0.382. The average Bonchev–Trinajstić information content (AvgIpc) is 3.01. The number of benzene rings is 1. The van der Waals surface area contributed by atoms with Gasteiger partial charge in [-0.25, -0.2) is 0 Å². The van der Waals surface area contributed by atoms with Gasteiger partial charge in [0.1, 0.15) is 0 Å². The molecule has 30 heavy (non-hydrogen) atoms. The maximum Gasteiger partial charge on any atom is 0.191 e. The number of nitrogens with zero attached hydrogens (tertiary/aromatic N) is 2. The number of guanidine groups is 1. The molecule has 1 aromatic rings. The van der Waals surface area contributed by atoms with Crippen LogP contribution in [0.5, 0.6) is 0 Å². The third kappa shape index (κ3) is 5.96. The van der Waals surface area contributed by atoms with E-state index in [1.165, 1.54) is 31.2 Å². The van der Waals surface area contributed by atoms with Crippen LogP contribution in [0.25, 0.3) is 0 Å². The van der Waals surface area contributed by atoms with Gasteiger partial charge in [-0.3, -0.25) is 9.89 Å². The number of rotatable bonds is 8. The fourth-order valence-electron chi connectivity index (χ4n) is 5.20. The minimum atomic E-state index is 0.382. The molecule has 0 aliphatic carbocycles. The Kier molecular flexibility index (Phi) is 8.01. The fourth-order valence-corrected chi connectivity index (χ4v) is 5.20. The summed E-state index contributed by atoms with van der Waals surface area (Å²) in [6.07, 6.45) is 8.50. The molecule has 2 bridgehead atoms. The molecule has 3 saturated heterocycles. The van der Waals surface area contributed by atoms with Gasteiger partial charge in [0.15, 0.2) is 5.96 Å². The van der Waals surface area contributed by atoms with E-state index in [-0.39, 0.29) is 0 Å². The van der Waals surface area contributed by atoms with Gasteiger partial charge in [-0.05, 0) is 50.5 Å². The number of ether oxygens (including phenoxy) is 2. The first-order chi connectivity index (χ1) is 14.8. The van der Waals surface area contributed by atoms with Crippen LogP contribution >= 0.6 is 0 Å². The third-order valence-electron chi connectivity index (χ3n) is 6.79. The molecule has 6 heteroatoms. The molecule has 166 valence electrons. The van der Waals surface area contributed by atoms with Crippen molar-refractivity contribution in [3.63, 3.8) is 0 Å². The van der Waals surface area contributed by atoms with E-state index >= 15 is 0 Å². The molecule has 0 radical (unpaired) electrons. The van der Waals surface area contributed by atoms with Crippen molar-refractivity contribution < 1.29 is 9.47 Å². The van der Waals surface area contributed by atoms with Crippen LogP contribution in [0.4, 0.5) is 0 Å². The first-order valence-electron chi connectivity index (χ1n) is 11.8. The summed E-state index contributed by atoms with van der Waals surface area (Å²) in [6, 6.07) is 12.8. The van der Waals surface area contributed by atoms with Gasteiger partial charge in [0, 0.05) is 58.1 Å². The van der Waals surface area contributed by atoms with E-state index in [2.05, 4.69) is 50.9 Å². The Bertz CT molecular complexity index is 648. The second kappa shape index (κ2) is 11.1. The van der Waals surface area contributed by atoms with Crippen molar-refractivity contribution in [1.82, 2.24) is 15.5 Å². The Morgan fingerprint density at radius 1 is 1.10 bits per heavy atom. The lowest BCUT2D eigenvalue weighted by Gasteiger charge is -2.39. The number of aliphatic imine (C=N–C) groups is 1. The lowest BCUT2D eigenvalue weighted by molar-refractivity contribution is -0.0320. The highest BCUT2D eigenvalue weighted by Gasteiger charge is 2.40. The highest BCUT2D eigenvalue weighted by Crippen LogP contribution is 2.36. The SMILES string of the molecule is CN=C(NCCCOC1CCOCC1)NC1CC2CCC(C1)N2Cc1ccccc1. The third-order valence-corrected chi connectivity index (χ3v) is 6.79. The maximum atomic E-state index is 5.96. The van der Waals surface area contributed by atoms with Crippen molar-refractivity contribution >= 4 is 5.96 Å². The zero-order valence-electron chi connectivity index (χ0n) is 18.4. The van der Waals surface area contributed by atoms with Crippen LogP contribution in [-0.2, 0) is 16.0 Å². The maximum absolute atomic E-state index is 5.96. The molecule has 0 saturated carbocycles. The first-order valence-corrected chi connectivity index (χ1v) is 11.8. The summed E-state index contributed by atoms with van der Waals surface area (Å²) in [4.78, 5) is 7.18. The first kappa shape index (κ1) is 21.6. The van der Waals surface area contributed by atoms with Gasteiger partial charge in [-0.2, -0.15) is 0 Å². The average molecular weight is 415 g/mol. The van der Waals surface area contributed by atoms with E-state index in [1.807, 2.05) is 7.05 Å². The number of fused-ring (bicyclic) bond motifs is 2. The summed E-state index contributed by atoms with van der Waals surface area (Å²) >= 11 is 0. The number of hydrogen-bond donors (Lipinski definition) is 2. The van der Waals surface area contributed by atoms with Crippen LogP contribution in [0, 0.1) is 0 Å². The second-order valence-electron chi connectivity index (χ2n) is 8.89. The molecule has 0 amide bonds. The van der Waals surface area contributed by atoms with E-state index in [0.29, 0.717) is 24.2 Å². The summed E-state index contributed by atoms with van der Waals surface area (Å²) in [5.74, 6) is 0.932. The van der Waals surface area contributed by atoms with Crippen LogP contribution in [0.15, 0.2) is 35.3 Å². The minimum Gasteiger partial charge on any atom is -0.381 e. The van der Waals surface area contributed by atoms with Crippen LogP contribution in [0.3, 0.4) is 0 Å². The van der Waals surface area contributed by atoms with E-state index < -0.39 is 0 Å². The monoisotopic (exact) mass is 414 g/mol. The van der Waals surface area contributed by atoms with E-state index in [9.17, 15) is 0 Å².